The number of aromatic nitrogens is 3. The highest BCUT2D eigenvalue weighted by molar-refractivity contribution is 5.74. The number of hydrogen-bond acceptors (Lipinski definition) is 5. The number of piperazine rings is 1. The second-order valence-electron chi connectivity index (χ2n) is 7.89. The van der Waals surface area contributed by atoms with Gasteiger partial charge in [-0.25, -0.2) is 14.8 Å². The Morgan fingerprint density at radius 1 is 1.16 bits per heavy atom. The highest BCUT2D eigenvalue weighted by atomic mass is 16.5. The number of hydrogen-bond donors (Lipinski definition) is 1. The molecule has 0 unspecified atom stereocenters. The maximum absolute atomic E-state index is 12.3. The molecular formula is C23H30N6O2. The Labute approximate surface area is 182 Å². The summed E-state index contributed by atoms with van der Waals surface area (Å²) >= 11 is 0. The van der Waals surface area contributed by atoms with Crippen molar-refractivity contribution in [3.63, 3.8) is 0 Å². The van der Waals surface area contributed by atoms with E-state index >= 15 is 0 Å². The number of carbonyl (C=O) groups is 1. The van der Waals surface area contributed by atoms with E-state index < -0.39 is 0 Å². The maximum atomic E-state index is 12.3. The Balaban J connectivity index is 1.44. The molecule has 1 saturated heterocycles. The van der Waals surface area contributed by atoms with Gasteiger partial charge in [-0.2, -0.15) is 0 Å². The second kappa shape index (κ2) is 9.89. The number of benzene rings is 1. The largest absolute Gasteiger partial charge is 0.385 e. The van der Waals surface area contributed by atoms with Gasteiger partial charge in [-0.15, -0.1) is 0 Å². The van der Waals surface area contributed by atoms with E-state index in [9.17, 15) is 4.79 Å². The molecule has 8 nitrogen and oxygen atoms in total. The van der Waals surface area contributed by atoms with Gasteiger partial charge in [-0.1, -0.05) is 12.1 Å². The number of aryl methyl sites for hydroxylation is 1. The molecule has 0 radical (unpaired) electrons. The first-order valence-corrected chi connectivity index (χ1v) is 10.8. The molecule has 1 N–H and O–H groups in total. The molecule has 0 saturated carbocycles. The molecule has 0 aliphatic carbocycles. The van der Waals surface area contributed by atoms with Crippen LogP contribution in [0.15, 0.2) is 42.6 Å². The number of fused-ring (bicyclic) bond motifs is 1. The molecule has 1 aromatic carbocycles. The van der Waals surface area contributed by atoms with Crippen LogP contribution in [0, 0.1) is 6.92 Å². The molecule has 3 aromatic rings. The van der Waals surface area contributed by atoms with Crippen LogP contribution < -0.4 is 5.32 Å². The third-order valence-corrected chi connectivity index (χ3v) is 5.57. The molecule has 1 aliphatic heterocycles. The number of nitrogens with zero attached hydrogens (tertiary/aromatic N) is 5. The lowest BCUT2D eigenvalue weighted by atomic mass is 10.2. The van der Waals surface area contributed by atoms with E-state index in [1.165, 1.54) is 5.56 Å². The molecular weight excluding hydrogens is 392 g/mol. The Morgan fingerprint density at radius 2 is 2.00 bits per heavy atom. The molecule has 1 aliphatic rings. The van der Waals surface area contributed by atoms with Gasteiger partial charge in [-0.3, -0.25) is 9.47 Å². The number of urea groups is 1. The summed E-state index contributed by atoms with van der Waals surface area (Å²) < 4.78 is 7.18. The Kier molecular flexibility index (Phi) is 6.79. The van der Waals surface area contributed by atoms with E-state index in [1.54, 1.807) is 7.11 Å². The smallest absolute Gasteiger partial charge is 0.317 e. The molecule has 164 valence electrons. The number of carbonyl (C=O) groups excluding carboxylic acids is 1. The molecule has 2 aromatic heterocycles. The summed E-state index contributed by atoms with van der Waals surface area (Å²) in [6, 6.07) is 12.3. The van der Waals surface area contributed by atoms with Crippen molar-refractivity contribution < 1.29 is 9.53 Å². The van der Waals surface area contributed by atoms with Crippen molar-refractivity contribution in [3.05, 3.63) is 54.0 Å². The number of amides is 2. The molecule has 2 amide bonds. The first kappa shape index (κ1) is 21.3. The zero-order valence-corrected chi connectivity index (χ0v) is 18.3. The predicted molar refractivity (Wildman–Crippen MR) is 120 cm³/mol. The maximum Gasteiger partial charge on any atom is 0.317 e. The van der Waals surface area contributed by atoms with E-state index in [2.05, 4.69) is 51.0 Å². The molecule has 0 bridgehead atoms. The molecule has 1 fully saturated rings. The molecule has 31 heavy (non-hydrogen) atoms. The van der Waals surface area contributed by atoms with Gasteiger partial charge < -0.3 is 15.0 Å². The van der Waals surface area contributed by atoms with E-state index in [0.29, 0.717) is 32.8 Å². The number of pyridine rings is 1. The molecule has 0 atom stereocenters. The average Bonchev–Trinajstić information content (AvgIpc) is 3.15. The first-order chi connectivity index (χ1) is 15.2. The van der Waals surface area contributed by atoms with Crippen molar-refractivity contribution in [3.8, 4) is 5.69 Å². The van der Waals surface area contributed by atoms with Gasteiger partial charge in [0.25, 0.3) is 0 Å². The summed E-state index contributed by atoms with van der Waals surface area (Å²) in [5, 5.41) is 2.97. The predicted octanol–water partition coefficient (Wildman–Crippen LogP) is 2.59. The van der Waals surface area contributed by atoms with Crippen molar-refractivity contribution in [1.29, 1.82) is 0 Å². The fourth-order valence-corrected chi connectivity index (χ4v) is 3.94. The van der Waals surface area contributed by atoms with Crippen LogP contribution in [0.4, 0.5) is 4.79 Å². The van der Waals surface area contributed by atoms with Crippen LogP contribution in [-0.2, 0) is 11.3 Å². The van der Waals surface area contributed by atoms with Gasteiger partial charge in [-0.05, 0) is 43.2 Å². The summed E-state index contributed by atoms with van der Waals surface area (Å²) in [6.07, 6.45) is 2.63. The SMILES string of the molecule is COCCCNC(=O)N1CCN(Cc2nc3cccnc3n2-c2cccc(C)c2)CC1. The standard InChI is InChI=1S/C23H30N6O2/c1-18-6-3-7-19(16-18)29-21(26-20-8-4-9-24-22(20)29)17-27-11-13-28(14-12-27)23(30)25-10-5-15-31-2/h3-4,6-9,16H,5,10-15,17H2,1-2H3,(H,25,30). The molecule has 0 spiro atoms. The minimum Gasteiger partial charge on any atom is -0.385 e. The summed E-state index contributed by atoms with van der Waals surface area (Å²) in [5.41, 5.74) is 4.04. The quantitative estimate of drug-likeness (QED) is 0.593. The lowest BCUT2D eigenvalue weighted by Gasteiger charge is -2.34. The third-order valence-electron chi connectivity index (χ3n) is 5.57. The van der Waals surface area contributed by atoms with Gasteiger partial charge >= 0.3 is 6.03 Å². The fourth-order valence-electron chi connectivity index (χ4n) is 3.94. The van der Waals surface area contributed by atoms with E-state index in [0.717, 1.165) is 42.2 Å². The van der Waals surface area contributed by atoms with Crippen molar-refractivity contribution in [2.75, 3.05) is 46.4 Å². The molecule has 8 heteroatoms. The minimum absolute atomic E-state index is 0.00644. The normalized spacial score (nSPS) is 14.8. The summed E-state index contributed by atoms with van der Waals surface area (Å²) in [6.45, 7) is 7.15. The average molecular weight is 423 g/mol. The second-order valence-corrected chi connectivity index (χ2v) is 7.89. The Morgan fingerprint density at radius 3 is 2.77 bits per heavy atom. The van der Waals surface area contributed by atoms with Crippen molar-refractivity contribution in [2.24, 2.45) is 0 Å². The van der Waals surface area contributed by atoms with Crippen molar-refractivity contribution in [2.45, 2.75) is 19.9 Å². The van der Waals surface area contributed by atoms with Crippen LogP contribution in [-0.4, -0.2) is 76.8 Å². The zero-order valence-electron chi connectivity index (χ0n) is 18.3. The van der Waals surface area contributed by atoms with Gasteiger partial charge in [0.05, 0.1) is 6.54 Å². The monoisotopic (exact) mass is 422 g/mol. The fraction of sp³-hybridized carbons (Fsp3) is 0.435. The lowest BCUT2D eigenvalue weighted by molar-refractivity contribution is 0.132. The van der Waals surface area contributed by atoms with Gasteiger partial charge in [0, 0.05) is 58.3 Å². The van der Waals surface area contributed by atoms with Crippen LogP contribution in [0.5, 0.6) is 0 Å². The summed E-state index contributed by atoms with van der Waals surface area (Å²) in [5.74, 6) is 0.969. The van der Waals surface area contributed by atoms with E-state index in [-0.39, 0.29) is 6.03 Å². The lowest BCUT2D eigenvalue weighted by Crippen LogP contribution is -2.51. The van der Waals surface area contributed by atoms with Gasteiger partial charge in [0.2, 0.25) is 0 Å². The van der Waals surface area contributed by atoms with Crippen LogP contribution in [0.3, 0.4) is 0 Å². The van der Waals surface area contributed by atoms with Crippen LogP contribution in [0.1, 0.15) is 17.8 Å². The molecule has 3 heterocycles. The van der Waals surface area contributed by atoms with Crippen LogP contribution >= 0.6 is 0 Å². The summed E-state index contributed by atoms with van der Waals surface area (Å²) in [7, 11) is 1.67. The van der Waals surface area contributed by atoms with Gasteiger partial charge in [0.1, 0.15) is 11.3 Å². The van der Waals surface area contributed by atoms with Crippen molar-refractivity contribution in [1.82, 2.24) is 29.7 Å². The zero-order chi connectivity index (χ0) is 21.6. The van der Waals surface area contributed by atoms with E-state index in [4.69, 9.17) is 9.72 Å². The highest BCUT2D eigenvalue weighted by Gasteiger charge is 2.23. The highest BCUT2D eigenvalue weighted by Crippen LogP contribution is 2.22. The number of ether oxygens (including phenoxy) is 1. The molecule has 4 rings (SSSR count). The number of imidazole rings is 1. The third kappa shape index (κ3) is 5.03. The number of methoxy groups -OCH3 is 1. The Hall–Kier alpha value is -2.97. The first-order valence-electron chi connectivity index (χ1n) is 10.8. The summed E-state index contributed by atoms with van der Waals surface area (Å²) in [4.78, 5) is 26.0. The van der Waals surface area contributed by atoms with E-state index in [1.807, 2.05) is 23.2 Å². The number of rotatable bonds is 7. The minimum atomic E-state index is 0.00644. The van der Waals surface area contributed by atoms with Crippen LogP contribution in [0.25, 0.3) is 16.9 Å². The van der Waals surface area contributed by atoms with Gasteiger partial charge in [0.15, 0.2) is 5.65 Å². The van der Waals surface area contributed by atoms with Crippen molar-refractivity contribution >= 4 is 17.2 Å². The Bertz CT molecular complexity index is 1030. The topological polar surface area (TPSA) is 75.5 Å². The van der Waals surface area contributed by atoms with Crippen LogP contribution in [0.2, 0.25) is 0 Å². The number of nitrogens with one attached hydrogen (secondary N) is 1.